The number of hydrogen-bond acceptors (Lipinski definition) is 5. The van der Waals surface area contributed by atoms with Crippen LogP contribution in [0.1, 0.15) is 29.6 Å². The number of pyridine rings is 1. The molecule has 2 aromatic rings. The molecule has 1 aromatic carbocycles. The van der Waals surface area contributed by atoms with Crippen LogP contribution in [0, 0.1) is 0 Å². The first-order valence-corrected chi connectivity index (χ1v) is 10.6. The minimum absolute atomic E-state index is 0.0440. The number of para-hydroxylation sites is 1. The smallest absolute Gasteiger partial charge is 0.255 e. The van der Waals surface area contributed by atoms with Gasteiger partial charge in [0.1, 0.15) is 0 Å². The molecule has 164 valence electrons. The third-order valence-electron chi connectivity index (χ3n) is 6.18. The van der Waals surface area contributed by atoms with E-state index < -0.39 is 5.60 Å². The maximum atomic E-state index is 13.0. The highest BCUT2D eigenvalue weighted by atomic mass is 16.5. The summed E-state index contributed by atoms with van der Waals surface area (Å²) >= 11 is 0. The summed E-state index contributed by atoms with van der Waals surface area (Å²) in [5, 5.41) is 0.939. The summed E-state index contributed by atoms with van der Waals surface area (Å²) in [7, 11) is 3.37. The van der Waals surface area contributed by atoms with Crippen LogP contribution in [0.3, 0.4) is 0 Å². The topological polar surface area (TPSA) is 83.1 Å². The summed E-state index contributed by atoms with van der Waals surface area (Å²) in [5.41, 5.74) is 0.919. The van der Waals surface area contributed by atoms with E-state index in [0.29, 0.717) is 44.6 Å². The summed E-state index contributed by atoms with van der Waals surface area (Å²) in [4.78, 5) is 47.0. The Bertz CT molecular complexity index is 998. The van der Waals surface area contributed by atoms with Crippen molar-refractivity contribution in [2.45, 2.75) is 24.9 Å². The Morgan fingerprint density at radius 3 is 2.68 bits per heavy atom. The molecular weight excluding hydrogens is 396 g/mol. The van der Waals surface area contributed by atoms with Crippen molar-refractivity contribution >= 4 is 28.6 Å². The van der Waals surface area contributed by atoms with Gasteiger partial charge in [0, 0.05) is 38.8 Å². The third-order valence-corrected chi connectivity index (χ3v) is 6.18. The lowest BCUT2D eigenvalue weighted by Crippen LogP contribution is -2.54. The fourth-order valence-corrected chi connectivity index (χ4v) is 4.23. The number of likely N-dealkylation sites (tertiary alicyclic amines) is 1. The van der Waals surface area contributed by atoms with E-state index in [0.717, 1.165) is 10.9 Å². The Balaban J connectivity index is 1.44. The highest BCUT2D eigenvalue weighted by molar-refractivity contribution is 5.97. The Hall–Kier alpha value is -3.00. The molecular formula is C23H28N4O4. The van der Waals surface area contributed by atoms with Gasteiger partial charge < -0.3 is 19.4 Å². The van der Waals surface area contributed by atoms with Gasteiger partial charge in [-0.1, -0.05) is 18.2 Å². The van der Waals surface area contributed by atoms with Crippen LogP contribution in [0.25, 0.3) is 10.9 Å². The van der Waals surface area contributed by atoms with Gasteiger partial charge in [-0.15, -0.1) is 0 Å². The molecule has 3 amide bonds. The second-order valence-electron chi connectivity index (χ2n) is 8.53. The number of nitrogens with zero attached hydrogens (tertiary/aromatic N) is 4. The standard InChI is InChI=1S/C23H28N4O4/c1-25(2)21(29)15-27-16-23(31-12-7-20(27)28)8-10-26(11-9-23)22(30)18-13-17-5-3-4-6-19(17)24-14-18/h3-6,13-14H,7-12,15-16H2,1-2H3. The van der Waals surface area contributed by atoms with Crippen molar-refractivity contribution in [3.8, 4) is 0 Å². The molecule has 0 N–H and O–H groups in total. The van der Waals surface area contributed by atoms with E-state index in [1.165, 1.54) is 4.90 Å². The fourth-order valence-electron chi connectivity index (χ4n) is 4.23. The monoisotopic (exact) mass is 424 g/mol. The fraction of sp³-hybridized carbons (Fsp3) is 0.478. The van der Waals surface area contributed by atoms with Gasteiger partial charge >= 0.3 is 0 Å². The van der Waals surface area contributed by atoms with Crippen molar-refractivity contribution in [2.75, 3.05) is 46.9 Å². The molecule has 3 heterocycles. The van der Waals surface area contributed by atoms with Crippen molar-refractivity contribution in [3.05, 3.63) is 42.1 Å². The predicted molar refractivity (Wildman–Crippen MR) is 115 cm³/mol. The van der Waals surface area contributed by atoms with Crippen LogP contribution in [0.15, 0.2) is 36.5 Å². The number of aromatic nitrogens is 1. The van der Waals surface area contributed by atoms with Gasteiger partial charge in [0.05, 0.1) is 42.8 Å². The van der Waals surface area contributed by atoms with Crippen LogP contribution in [0.5, 0.6) is 0 Å². The van der Waals surface area contributed by atoms with Crippen LogP contribution < -0.4 is 0 Å². The molecule has 0 saturated carbocycles. The maximum absolute atomic E-state index is 13.0. The third kappa shape index (κ3) is 4.54. The second kappa shape index (κ2) is 8.63. The normalized spacial score (nSPS) is 18.8. The quantitative estimate of drug-likeness (QED) is 0.747. The van der Waals surface area contributed by atoms with E-state index in [9.17, 15) is 14.4 Å². The van der Waals surface area contributed by atoms with Crippen LogP contribution in [-0.4, -0.2) is 89.9 Å². The summed E-state index contributed by atoms with van der Waals surface area (Å²) in [6.45, 7) is 1.85. The molecule has 0 bridgehead atoms. The largest absolute Gasteiger partial charge is 0.372 e. The van der Waals surface area contributed by atoms with Crippen molar-refractivity contribution in [1.29, 1.82) is 0 Å². The van der Waals surface area contributed by atoms with E-state index >= 15 is 0 Å². The average Bonchev–Trinajstić information content (AvgIpc) is 2.92. The van der Waals surface area contributed by atoms with Crippen molar-refractivity contribution in [2.24, 2.45) is 0 Å². The molecule has 2 aliphatic rings. The minimum Gasteiger partial charge on any atom is -0.372 e. The summed E-state index contributed by atoms with van der Waals surface area (Å²) in [6, 6.07) is 9.61. The van der Waals surface area contributed by atoms with Gasteiger partial charge in [-0.05, 0) is 25.0 Å². The van der Waals surface area contributed by atoms with Crippen LogP contribution in [0.4, 0.5) is 0 Å². The van der Waals surface area contributed by atoms with Gasteiger partial charge in [-0.3, -0.25) is 19.4 Å². The minimum atomic E-state index is -0.517. The molecule has 1 spiro atoms. The Labute approximate surface area is 181 Å². The SMILES string of the molecule is CN(C)C(=O)CN1CC2(CCN(C(=O)c3cnc4ccccc4c3)CC2)OCCC1=O. The molecule has 31 heavy (non-hydrogen) atoms. The summed E-state index contributed by atoms with van der Waals surface area (Å²) in [6.07, 6.45) is 3.15. The van der Waals surface area contributed by atoms with E-state index in [1.54, 1.807) is 25.2 Å². The molecule has 2 fully saturated rings. The Kier molecular flexibility index (Phi) is 5.91. The van der Waals surface area contributed by atoms with Crippen LogP contribution in [0.2, 0.25) is 0 Å². The predicted octanol–water partition coefficient (Wildman–Crippen LogP) is 1.55. The van der Waals surface area contributed by atoms with E-state index in [2.05, 4.69) is 4.98 Å². The van der Waals surface area contributed by atoms with Gasteiger partial charge in [0.15, 0.2) is 0 Å². The Morgan fingerprint density at radius 2 is 1.94 bits per heavy atom. The maximum Gasteiger partial charge on any atom is 0.255 e. The number of amides is 3. The number of fused-ring (bicyclic) bond motifs is 1. The first kappa shape index (κ1) is 21.2. The number of carbonyl (C=O) groups is 3. The van der Waals surface area contributed by atoms with Crippen molar-refractivity contribution in [3.63, 3.8) is 0 Å². The lowest BCUT2D eigenvalue weighted by atomic mass is 9.90. The zero-order chi connectivity index (χ0) is 22.0. The summed E-state index contributed by atoms with van der Waals surface area (Å²) < 4.78 is 6.13. The second-order valence-corrected chi connectivity index (χ2v) is 8.53. The number of likely N-dealkylation sites (N-methyl/N-ethyl adjacent to an activating group) is 1. The summed E-state index contributed by atoms with van der Waals surface area (Å²) in [5.74, 6) is -0.216. The number of ether oxygens (including phenoxy) is 1. The molecule has 0 atom stereocenters. The van der Waals surface area contributed by atoms with Gasteiger partial charge in [-0.2, -0.15) is 0 Å². The number of hydrogen-bond donors (Lipinski definition) is 0. The zero-order valence-electron chi connectivity index (χ0n) is 18.0. The molecule has 1 aromatic heterocycles. The molecule has 0 unspecified atom stereocenters. The Morgan fingerprint density at radius 1 is 1.19 bits per heavy atom. The molecule has 8 nitrogen and oxygen atoms in total. The number of carbonyl (C=O) groups excluding carboxylic acids is 3. The zero-order valence-corrected chi connectivity index (χ0v) is 18.0. The van der Waals surface area contributed by atoms with Gasteiger partial charge in [-0.25, -0.2) is 0 Å². The van der Waals surface area contributed by atoms with Crippen LogP contribution in [-0.2, 0) is 14.3 Å². The number of piperidine rings is 1. The highest BCUT2D eigenvalue weighted by Gasteiger charge is 2.41. The molecule has 4 rings (SSSR count). The average molecular weight is 425 g/mol. The first-order chi connectivity index (χ1) is 14.9. The van der Waals surface area contributed by atoms with Crippen molar-refractivity contribution in [1.82, 2.24) is 19.7 Å². The number of rotatable bonds is 3. The highest BCUT2D eigenvalue weighted by Crippen LogP contribution is 2.31. The van der Waals surface area contributed by atoms with Crippen molar-refractivity contribution < 1.29 is 19.1 Å². The first-order valence-electron chi connectivity index (χ1n) is 10.6. The molecule has 0 aliphatic carbocycles. The number of benzene rings is 1. The van der Waals surface area contributed by atoms with E-state index in [1.807, 2.05) is 35.2 Å². The molecule has 0 radical (unpaired) electrons. The van der Waals surface area contributed by atoms with Gasteiger partial charge in [0.25, 0.3) is 5.91 Å². The molecule has 8 heteroatoms. The van der Waals surface area contributed by atoms with Crippen LogP contribution >= 0.6 is 0 Å². The van der Waals surface area contributed by atoms with Gasteiger partial charge in [0.2, 0.25) is 11.8 Å². The lowest BCUT2D eigenvalue weighted by molar-refractivity contribution is -0.140. The van der Waals surface area contributed by atoms with E-state index in [4.69, 9.17) is 4.74 Å². The lowest BCUT2D eigenvalue weighted by Gasteiger charge is -2.42. The molecule has 2 aliphatic heterocycles. The molecule has 2 saturated heterocycles. The van der Waals surface area contributed by atoms with E-state index in [-0.39, 0.29) is 30.7 Å².